The van der Waals surface area contributed by atoms with Crippen LogP contribution in [0.25, 0.3) is 0 Å². The Hall–Kier alpha value is -3.29. The third-order valence-corrected chi connectivity index (χ3v) is 5.03. The molecule has 5 nitrogen and oxygen atoms in total. The molecule has 0 atom stereocenters. The van der Waals surface area contributed by atoms with Gasteiger partial charge in [-0.25, -0.2) is 14.2 Å². The zero-order valence-corrected chi connectivity index (χ0v) is 16.5. The minimum Gasteiger partial charge on any atom is -0.384 e. The molecule has 8 heteroatoms. The van der Waals surface area contributed by atoms with E-state index in [0.717, 1.165) is 0 Å². The first-order chi connectivity index (χ1) is 14.4. The third-order valence-electron chi connectivity index (χ3n) is 4.70. The van der Waals surface area contributed by atoms with Crippen molar-refractivity contribution in [3.8, 4) is 0 Å². The van der Waals surface area contributed by atoms with Gasteiger partial charge < -0.3 is 11.5 Å². The van der Waals surface area contributed by atoms with Gasteiger partial charge in [0.05, 0.1) is 6.54 Å². The lowest BCUT2D eigenvalue weighted by Crippen LogP contribution is -2.45. The van der Waals surface area contributed by atoms with Crippen LogP contribution in [-0.4, -0.2) is 18.3 Å². The molecule has 0 unspecified atom stereocenters. The largest absolute Gasteiger partial charge is 0.384 e. The number of rotatable bonds is 6. The highest BCUT2D eigenvalue weighted by molar-refractivity contribution is 6.32. The van der Waals surface area contributed by atoms with Gasteiger partial charge in [-0.15, -0.1) is 0 Å². The van der Waals surface area contributed by atoms with Crippen LogP contribution in [0.3, 0.4) is 0 Å². The highest BCUT2D eigenvalue weighted by Gasteiger charge is 2.42. The fourth-order valence-corrected chi connectivity index (χ4v) is 3.61. The molecule has 3 rings (SSSR count). The average Bonchev–Trinajstić information content (AvgIpc) is 2.75. The van der Waals surface area contributed by atoms with Crippen LogP contribution in [0.4, 0.5) is 8.78 Å². The van der Waals surface area contributed by atoms with E-state index in [1.165, 1.54) is 48.5 Å². The first kappa shape index (κ1) is 21.4. The van der Waals surface area contributed by atoms with Crippen molar-refractivity contribution in [1.82, 2.24) is 5.43 Å². The zero-order chi connectivity index (χ0) is 21.7. The number of halogens is 3. The van der Waals surface area contributed by atoms with Crippen molar-refractivity contribution in [2.45, 2.75) is 5.41 Å². The maximum Gasteiger partial charge on any atom is 0.253 e. The van der Waals surface area contributed by atoms with E-state index >= 15 is 0 Å². The van der Waals surface area contributed by atoms with Gasteiger partial charge in [-0.1, -0.05) is 54.1 Å². The first-order valence-corrected chi connectivity index (χ1v) is 9.37. The highest BCUT2D eigenvalue weighted by Crippen LogP contribution is 2.42. The van der Waals surface area contributed by atoms with Crippen LogP contribution in [0.15, 0.2) is 77.9 Å². The van der Waals surface area contributed by atoms with Crippen LogP contribution in [-0.2, 0) is 10.2 Å². The Labute approximate surface area is 177 Å². The molecule has 3 aromatic carbocycles. The summed E-state index contributed by atoms with van der Waals surface area (Å²) < 4.78 is 27.4. The maximum atomic E-state index is 13.7. The van der Waals surface area contributed by atoms with Gasteiger partial charge in [-0.2, -0.15) is 5.10 Å². The highest BCUT2D eigenvalue weighted by atomic mass is 35.5. The number of amidine groups is 1. The molecule has 0 heterocycles. The zero-order valence-electron chi connectivity index (χ0n) is 15.8. The SMILES string of the molecule is NCC(=O)NN=C(N)C(c1ccc(F)cc1)(c1ccc(F)cc1)c1ccccc1Cl. The van der Waals surface area contributed by atoms with Crippen molar-refractivity contribution in [2.75, 3.05) is 6.54 Å². The topological polar surface area (TPSA) is 93.5 Å². The minimum atomic E-state index is -1.35. The van der Waals surface area contributed by atoms with Crippen LogP contribution < -0.4 is 16.9 Å². The second kappa shape index (κ2) is 9.02. The number of hydrogen-bond acceptors (Lipinski definition) is 3. The molecule has 30 heavy (non-hydrogen) atoms. The van der Waals surface area contributed by atoms with E-state index in [2.05, 4.69) is 10.5 Å². The molecule has 0 spiro atoms. The van der Waals surface area contributed by atoms with E-state index in [4.69, 9.17) is 23.1 Å². The third kappa shape index (κ3) is 4.03. The molecule has 1 amide bonds. The van der Waals surface area contributed by atoms with Crippen LogP contribution in [0.5, 0.6) is 0 Å². The molecule has 0 aliphatic heterocycles. The predicted molar refractivity (Wildman–Crippen MR) is 113 cm³/mol. The van der Waals surface area contributed by atoms with Gasteiger partial charge in [0.25, 0.3) is 5.91 Å². The van der Waals surface area contributed by atoms with Gasteiger partial charge in [-0.05, 0) is 47.0 Å². The van der Waals surface area contributed by atoms with E-state index in [9.17, 15) is 13.6 Å². The standard InChI is InChI=1S/C22H19ClF2N4O/c23-19-4-2-1-3-18(19)22(14-5-9-16(24)10-6-14,15-7-11-17(25)12-8-15)21(27)29-28-20(30)13-26/h1-12H,13,26H2,(H2,27,29)(H,28,30). The van der Waals surface area contributed by atoms with Gasteiger partial charge in [-0.3, -0.25) is 4.79 Å². The van der Waals surface area contributed by atoms with Gasteiger partial charge in [0, 0.05) is 5.02 Å². The molecular weight excluding hydrogens is 410 g/mol. The van der Waals surface area contributed by atoms with Gasteiger partial charge in [0.15, 0.2) is 0 Å². The maximum absolute atomic E-state index is 13.7. The van der Waals surface area contributed by atoms with E-state index in [1.54, 1.807) is 24.3 Å². The van der Waals surface area contributed by atoms with Crippen LogP contribution in [0, 0.1) is 11.6 Å². The molecule has 0 aliphatic carbocycles. The smallest absolute Gasteiger partial charge is 0.253 e. The lowest BCUT2D eigenvalue weighted by atomic mass is 9.68. The number of carbonyl (C=O) groups is 1. The lowest BCUT2D eigenvalue weighted by Gasteiger charge is -2.35. The Kier molecular flexibility index (Phi) is 6.44. The summed E-state index contributed by atoms with van der Waals surface area (Å²) in [6.45, 7) is -0.289. The molecule has 0 saturated carbocycles. The molecular formula is C22H19ClF2N4O. The molecule has 3 aromatic rings. The monoisotopic (exact) mass is 428 g/mol. The number of nitrogens with one attached hydrogen (secondary N) is 1. The molecule has 0 fully saturated rings. The average molecular weight is 429 g/mol. The van der Waals surface area contributed by atoms with Gasteiger partial charge in [0.2, 0.25) is 0 Å². The number of carbonyl (C=O) groups excluding carboxylic acids is 1. The lowest BCUT2D eigenvalue weighted by molar-refractivity contribution is -0.119. The van der Waals surface area contributed by atoms with Gasteiger partial charge >= 0.3 is 0 Å². The molecule has 0 aromatic heterocycles. The summed E-state index contributed by atoms with van der Waals surface area (Å²) in [7, 11) is 0. The van der Waals surface area contributed by atoms with Crippen molar-refractivity contribution >= 4 is 23.3 Å². The number of hydrogen-bond donors (Lipinski definition) is 3. The van der Waals surface area contributed by atoms with E-state index in [0.29, 0.717) is 21.7 Å². The Bertz CT molecular complexity index is 1020. The molecule has 154 valence electrons. The van der Waals surface area contributed by atoms with Crippen molar-refractivity contribution in [3.63, 3.8) is 0 Å². The molecule has 0 bridgehead atoms. The second-order valence-corrected chi connectivity index (χ2v) is 6.89. The van der Waals surface area contributed by atoms with E-state index < -0.39 is 23.0 Å². The first-order valence-electron chi connectivity index (χ1n) is 8.99. The summed E-state index contributed by atoms with van der Waals surface area (Å²) in [6, 6.07) is 18.2. The summed E-state index contributed by atoms with van der Waals surface area (Å²) in [6.07, 6.45) is 0. The number of nitrogens with two attached hydrogens (primary N) is 2. The Morgan fingerprint density at radius 1 is 0.933 bits per heavy atom. The Balaban J connectivity index is 2.39. The fourth-order valence-electron chi connectivity index (χ4n) is 3.33. The van der Waals surface area contributed by atoms with Crippen molar-refractivity contribution in [2.24, 2.45) is 16.6 Å². The molecule has 5 N–H and O–H groups in total. The van der Waals surface area contributed by atoms with Crippen molar-refractivity contribution in [1.29, 1.82) is 0 Å². The quantitative estimate of drug-likeness (QED) is 0.243. The number of hydrazone groups is 1. The Morgan fingerprint density at radius 3 is 1.90 bits per heavy atom. The number of benzene rings is 3. The van der Waals surface area contributed by atoms with Crippen LogP contribution in [0.2, 0.25) is 5.02 Å². The summed E-state index contributed by atoms with van der Waals surface area (Å²) in [5, 5.41) is 4.41. The van der Waals surface area contributed by atoms with Crippen molar-refractivity contribution < 1.29 is 13.6 Å². The molecule has 0 saturated heterocycles. The number of amides is 1. The molecule has 0 aliphatic rings. The van der Waals surface area contributed by atoms with Gasteiger partial charge in [0.1, 0.15) is 22.9 Å². The normalized spacial score (nSPS) is 11.9. The second-order valence-electron chi connectivity index (χ2n) is 6.48. The summed E-state index contributed by atoms with van der Waals surface area (Å²) >= 11 is 6.54. The van der Waals surface area contributed by atoms with Crippen molar-refractivity contribution in [3.05, 3.63) is 106 Å². The Morgan fingerprint density at radius 2 is 1.43 bits per heavy atom. The predicted octanol–water partition coefficient (Wildman–Crippen LogP) is 3.30. The fraction of sp³-hybridized carbons (Fsp3) is 0.0909. The number of nitrogens with zero attached hydrogens (tertiary/aromatic N) is 1. The summed E-state index contributed by atoms with van der Waals surface area (Å²) in [4.78, 5) is 11.7. The summed E-state index contributed by atoms with van der Waals surface area (Å²) in [5.74, 6) is -1.50. The molecule has 0 radical (unpaired) electrons. The van der Waals surface area contributed by atoms with Crippen LogP contribution >= 0.6 is 11.6 Å². The van der Waals surface area contributed by atoms with E-state index in [1.807, 2.05) is 0 Å². The van der Waals surface area contributed by atoms with E-state index in [-0.39, 0.29) is 12.4 Å². The summed E-state index contributed by atoms with van der Waals surface area (Å²) in [5.41, 5.74) is 14.3. The van der Waals surface area contributed by atoms with Crippen LogP contribution in [0.1, 0.15) is 16.7 Å². The minimum absolute atomic E-state index is 0.0596.